The second-order valence-corrected chi connectivity index (χ2v) is 9.23. The zero-order valence-corrected chi connectivity index (χ0v) is 16.7. The zero-order valence-electron chi connectivity index (χ0n) is 15.9. The normalized spacial score (nSPS) is 16.2. The molecule has 0 radical (unpaired) electrons. The highest BCUT2D eigenvalue weighted by Gasteiger charge is 2.29. The van der Waals surface area contributed by atoms with E-state index in [1.165, 1.54) is 22.7 Å². The third-order valence-electron chi connectivity index (χ3n) is 5.26. The lowest BCUT2D eigenvalue weighted by Crippen LogP contribution is -2.40. The van der Waals surface area contributed by atoms with Crippen LogP contribution in [0.4, 0.5) is 10.2 Å². The third kappa shape index (κ3) is 4.15. The fourth-order valence-electron chi connectivity index (χ4n) is 3.64. The van der Waals surface area contributed by atoms with Crippen LogP contribution in [0.1, 0.15) is 12.8 Å². The Hall–Kier alpha value is -2.78. The average Bonchev–Trinajstić information content (AvgIpc) is 3.11. The number of nitrogens with one attached hydrogen (secondary N) is 2. The highest BCUT2D eigenvalue weighted by Crippen LogP contribution is 2.29. The Morgan fingerprint density at radius 3 is 2.66 bits per heavy atom. The predicted octanol–water partition coefficient (Wildman–Crippen LogP) is 2.98. The van der Waals surface area contributed by atoms with Gasteiger partial charge >= 0.3 is 0 Å². The van der Waals surface area contributed by atoms with Crippen LogP contribution in [0, 0.1) is 11.7 Å². The van der Waals surface area contributed by atoms with Gasteiger partial charge in [-0.2, -0.15) is 0 Å². The van der Waals surface area contributed by atoms with Crippen LogP contribution in [0.5, 0.6) is 0 Å². The number of piperidine rings is 1. The summed E-state index contributed by atoms with van der Waals surface area (Å²) in [7, 11) is -3.21. The minimum absolute atomic E-state index is 0.152. The number of aromatic nitrogens is 2. The molecule has 1 aliphatic heterocycles. The third-order valence-corrected chi connectivity index (χ3v) is 6.57. The SMILES string of the molecule is CS(=O)(=O)N1CCC(C(=O)Nc2ccc(-c3c[nH]c4cc(F)ccc34)cn2)CC1. The van der Waals surface area contributed by atoms with Crippen LogP contribution in [-0.2, 0) is 14.8 Å². The molecule has 0 unspecified atom stereocenters. The van der Waals surface area contributed by atoms with E-state index in [0.29, 0.717) is 37.3 Å². The lowest BCUT2D eigenvalue weighted by molar-refractivity contribution is -0.120. The number of benzene rings is 1. The van der Waals surface area contributed by atoms with Crippen molar-refractivity contribution in [1.82, 2.24) is 14.3 Å². The topological polar surface area (TPSA) is 95.2 Å². The maximum absolute atomic E-state index is 13.4. The number of carbonyl (C=O) groups excluding carboxylic acids is 1. The highest BCUT2D eigenvalue weighted by atomic mass is 32.2. The molecular weight excluding hydrogens is 395 g/mol. The number of fused-ring (bicyclic) bond motifs is 1. The van der Waals surface area contributed by atoms with Crippen LogP contribution in [0.3, 0.4) is 0 Å². The number of anilines is 1. The Kier molecular flexibility index (Phi) is 5.10. The molecule has 1 saturated heterocycles. The van der Waals surface area contributed by atoms with Crippen LogP contribution < -0.4 is 5.32 Å². The molecule has 4 rings (SSSR count). The first kappa shape index (κ1) is 19.5. The van der Waals surface area contributed by atoms with Crippen molar-refractivity contribution in [2.24, 2.45) is 5.92 Å². The summed E-state index contributed by atoms with van der Waals surface area (Å²) in [4.78, 5) is 19.9. The van der Waals surface area contributed by atoms with E-state index in [0.717, 1.165) is 16.5 Å². The largest absolute Gasteiger partial charge is 0.360 e. The maximum Gasteiger partial charge on any atom is 0.228 e. The van der Waals surface area contributed by atoms with Crippen molar-refractivity contribution in [3.8, 4) is 11.1 Å². The fraction of sp³-hybridized carbons (Fsp3) is 0.300. The molecule has 2 N–H and O–H groups in total. The summed E-state index contributed by atoms with van der Waals surface area (Å²) in [6, 6.07) is 8.14. The molecule has 1 amide bonds. The van der Waals surface area contributed by atoms with E-state index in [1.807, 2.05) is 6.07 Å². The molecule has 152 valence electrons. The maximum atomic E-state index is 13.4. The van der Waals surface area contributed by atoms with Crippen molar-refractivity contribution in [3.05, 3.63) is 48.5 Å². The number of aromatic amines is 1. The molecular formula is C20H21FN4O3S. The molecule has 3 heterocycles. The molecule has 0 spiro atoms. The second kappa shape index (κ2) is 7.57. The van der Waals surface area contributed by atoms with Crippen molar-refractivity contribution in [3.63, 3.8) is 0 Å². The number of hydrogen-bond donors (Lipinski definition) is 2. The molecule has 2 aromatic heterocycles. The Labute approximate surface area is 168 Å². The number of rotatable bonds is 4. The van der Waals surface area contributed by atoms with Crippen LogP contribution in [0.25, 0.3) is 22.0 Å². The second-order valence-electron chi connectivity index (χ2n) is 7.25. The van der Waals surface area contributed by atoms with Gasteiger partial charge in [-0.05, 0) is 43.2 Å². The van der Waals surface area contributed by atoms with Gasteiger partial charge in [-0.1, -0.05) is 0 Å². The molecule has 1 fully saturated rings. The lowest BCUT2D eigenvalue weighted by atomic mass is 9.97. The molecule has 0 aliphatic carbocycles. The van der Waals surface area contributed by atoms with Crippen LogP contribution in [-0.4, -0.2) is 47.9 Å². The van der Waals surface area contributed by atoms with Gasteiger partial charge < -0.3 is 10.3 Å². The number of halogens is 1. The molecule has 1 aromatic carbocycles. The average molecular weight is 416 g/mol. The van der Waals surface area contributed by atoms with Gasteiger partial charge in [-0.15, -0.1) is 0 Å². The Morgan fingerprint density at radius 2 is 2.00 bits per heavy atom. The number of nitrogens with zero attached hydrogens (tertiary/aromatic N) is 2. The Bertz CT molecular complexity index is 1150. The van der Waals surface area contributed by atoms with E-state index in [2.05, 4.69) is 15.3 Å². The van der Waals surface area contributed by atoms with Crippen molar-refractivity contribution in [2.75, 3.05) is 24.7 Å². The number of pyridine rings is 1. The van der Waals surface area contributed by atoms with Gasteiger partial charge in [0.1, 0.15) is 11.6 Å². The molecule has 29 heavy (non-hydrogen) atoms. The van der Waals surface area contributed by atoms with Gasteiger partial charge in [0.25, 0.3) is 0 Å². The monoisotopic (exact) mass is 416 g/mol. The predicted molar refractivity (Wildman–Crippen MR) is 109 cm³/mol. The first-order valence-corrected chi connectivity index (χ1v) is 11.1. The van der Waals surface area contributed by atoms with Crippen molar-refractivity contribution >= 4 is 32.7 Å². The van der Waals surface area contributed by atoms with E-state index >= 15 is 0 Å². The smallest absolute Gasteiger partial charge is 0.228 e. The minimum Gasteiger partial charge on any atom is -0.360 e. The van der Waals surface area contributed by atoms with Gasteiger partial charge in [0.2, 0.25) is 15.9 Å². The van der Waals surface area contributed by atoms with Gasteiger partial charge in [0, 0.05) is 53.4 Å². The van der Waals surface area contributed by atoms with Gasteiger partial charge in [-0.25, -0.2) is 22.1 Å². The minimum atomic E-state index is -3.21. The molecule has 7 nitrogen and oxygen atoms in total. The molecule has 0 atom stereocenters. The van der Waals surface area contributed by atoms with E-state index in [9.17, 15) is 17.6 Å². The van der Waals surface area contributed by atoms with Crippen molar-refractivity contribution in [1.29, 1.82) is 0 Å². The van der Waals surface area contributed by atoms with Crippen molar-refractivity contribution < 1.29 is 17.6 Å². The highest BCUT2D eigenvalue weighted by molar-refractivity contribution is 7.88. The Balaban J connectivity index is 1.42. The van der Waals surface area contributed by atoms with E-state index in [1.54, 1.807) is 24.5 Å². The zero-order chi connectivity index (χ0) is 20.6. The summed E-state index contributed by atoms with van der Waals surface area (Å²) in [5.74, 6) is -0.251. The van der Waals surface area contributed by atoms with E-state index in [4.69, 9.17) is 0 Å². The number of carbonyl (C=O) groups is 1. The summed E-state index contributed by atoms with van der Waals surface area (Å²) >= 11 is 0. The number of amides is 1. The molecule has 9 heteroatoms. The number of hydrogen-bond acceptors (Lipinski definition) is 4. The van der Waals surface area contributed by atoms with Crippen LogP contribution >= 0.6 is 0 Å². The van der Waals surface area contributed by atoms with Crippen molar-refractivity contribution in [2.45, 2.75) is 12.8 Å². The summed E-state index contributed by atoms with van der Waals surface area (Å²) in [6.45, 7) is 0.703. The molecule has 0 saturated carbocycles. The van der Waals surface area contributed by atoms with E-state index in [-0.39, 0.29) is 17.6 Å². The summed E-state index contributed by atoms with van der Waals surface area (Å²) in [5.41, 5.74) is 2.46. The van der Waals surface area contributed by atoms with Gasteiger partial charge in [-0.3, -0.25) is 4.79 Å². The van der Waals surface area contributed by atoms with E-state index < -0.39 is 10.0 Å². The van der Waals surface area contributed by atoms with Crippen LogP contribution in [0.15, 0.2) is 42.7 Å². The fourth-order valence-corrected chi connectivity index (χ4v) is 4.52. The van der Waals surface area contributed by atoms with Gasteiger partial charge in [0.05, 0.1) is 6.26 Å². The Morgan fingerprint density at radius 1 is 1.24 bits per heavy atom. The molecule has 1 aliphatic rings. The summed E-state index contributed by atoms with van der Waals surface area (Å²) in [5, 5.41) is 3.70. The first-order chi connectivity index (χ1) is 13.8. The van der Waals surface area contributed by atoms with Gasteiger partial charge in [0.15, 0.2) is 0 Å². The quantitative estimate of drug-likeness (QED) is 0.684. The summed E-state index contributed by atoms with van der Waals surface area (Å²) in [6.07, 6.45) is 5.62. The molecule has 3 aromatic rings. The summed E-state index contributed by atoms with van der Waals surface area (Å²) < 4.78 is 37.9. The first-order valence-electron chi connectivity index (χ1n) is 9.30. The number of sulfonamides is 1. The lowest BCUT2D eigenvalue weighted by Gasteiger charge is -2.29. The molecule has 0 bridgehead atoms. The van der Waals surface area contributed by atoms with Crippen LogP contribution in [0.2, 0.25) is 0 Å². The number of H-pyrrole nitrogens is 1. The standard InChI is InChI=1S/C20H21FN4O3S/c1-29(27,28)25-8-6-13(7-9-25)20(26)24-19-5-2-14(11-23-19)17-12-22-18-10-15(21)3-4-16(17)18/h2-5,10-13,22H,6-9H2,1H3,(H,23,24,26).